The van der Waals surface area contributed by atoms with Crippen molar-refractivity contribution in [1.82, 2.24) is 5.32 Å². The summed E-state index contributed by atoms with van der Waals surface area (Å²) < 4.78 is 42.0. The van der Waals surface area contributed by atoms with Crippen molar-refractivity contribution in [3.8, 4) is 5.75 Å². The van der Waals surface area contributed by atoms with Gasteiger partial charge >= 0.3 is 6.61 Å². The molecule has 0 radical (unpaired) electrons. The molecule has 0 spiro atoms. The highest BCUT2D eigenvalue weighted by Gasteiger charge is 2.21. The molecule has 7 heteroatoms. The molecule has 2 atom stereocenters. The number of carbonyl (C=O) groups is 1. The third-order valence-electron chi connectivity index (χ3n) is 3.39. The van der Waals surface area contributed by atoms with Crippen LogP contribution in [0.1, 0.15) is 28.9 Å². The van der Waals surface area contributed by atoms with E-state index in [0.29, 0.717) is 5.56 Å². The number of aliphatic hydroxyl groups is 1. The van der Waals surface area contributed by atoms with Gasteiger partial charge in [-0.1, -0.05) is 24.3 Å². The quantitative estimate of drug-likeness (QED) is 0.849. The lowest BCUT2D eigenvalue weighted by atomic mass is 10.0. The molecular formula is C17H16F3NO3. The Morgan fingerprint density at radius 1 is 1.12 bits per heavy atom. The number of ether oxygens (including phenoxy) is 1. The van der Waals surface area contributed by atoms with Gasteiger partial charge in [-0.3, -0.25) is 4.79 Å². The Hall–Kier alpha value is -2.54. The number of alkyl halides is 2. The van der Waals surface area contributed by atoms with Gasteiger partial charge in [0.2, 0.25) is 0 Å². The molecule has 2 aromatic rings. The number of hydrogen-bond donors (Lipinski definition) is 2. The van der Waals surface area contributed by atoms with Crippen LogP contribution in [0.15, 0.2) is 48.5 Å². The van der Waals surface area contributed by atoms with Gasteiger partial charge in [0.1, 0.15) is 11.6 Å². The fourth-order valence-electron chi connectivity index (χ4n) is 2.17. The Morgan fingerprint density at radius 3 is 2.38 bits per heavy atom. The molecule has 1 amide bonds. The summed E-state index contributed by atoms with van der Waals surface area (Å²) >= 11 is 0. The number of benzene rings is 2. The van der Waals surface area contributed by atoms with Crippen molar-refractivity contribution in [2.75, 3.05) is 0 Å². The first-order valence-electron chi connectivity index (χ1n) is 7.16. The Balaban J connectivity index is 2.10. The standard InChI is InChI=1S/C17H16F3NO3/c1-10(15(22)11-6-8-12(18)9-7-11)21-16(23)13-4-2-3-5-14(13)24-17(19)20/h2-10,15,17,22H,1H3,(H,21,23). The van der Waals surface area contributed by atoms with E-state index in [1.165, 1.54) is 48.5 Å². The topological polar surface area (TPSA) is 58.6 Å². The summed E-state index contributed by atoms with van der Waals surface area (Å²) in [7, 11) is 0. The van der Waals surface area contributed by atoms with E-state index >= 15 is 0 Å². The van der Waals surface area contributed by atoms with E-state index < -0.39 is 30.5 Å². The summed E-state index contributed by atoms with van der Waals surface area (Å²) in [4.78, 5) is 12.2. The monoisotopic (exact) mass is 339 g/mol. The van der Waals surface area contributed by atoms with Crippen LogP contribution in [0.4, 0.5) is 13.2 Å². The normalized spacial score (nSPS) is 13.4. The molecule has 0 bridgehead atoms. The number of aliphatic hydroxyl groups excluding tert-OH is 1. The second-order valence-electron chi connectivity index (χ2n) is 5.13. The molecule has 0 heterocycles. The maximum Gasteiger partial charge on any atom is 0.387 e. The Kier molecular flexibility index (Phi) is 5.81. The second-order valence-corrected chi connectivity index (χ2v) is 5.13. The minimum Gasteiger partial charge on any atom is -0.434 e. The van der Waals surface area contributed by atoms with Gasteiger partial charge < -0.3 is 15.2 Å². The lowest BCUT2D eigenvalue weighted by Crippen LogP contribution is -2.37. The van der Waals surface area contributed by atoms with E-state index in [1.807, 2.05) is 0 Å². The van der Waals surface area contributed by atoms with E-state index in [0.717, 1.165) is 0 Å². The van der Waals surface area contributed by atoms with Crippen LogP contribution in [0, 0.1) is 5.82 Å². The molecular weight excluding hydrogens is 323 g/mol. The molecule has 0 saturated heterocycles. The average molecular weight is 339 g/mol. The van der Waals surface area contributed by atoms with Crippen molar-refractivity contribution in [2.24, 2.45) is 0 Å². The van der Waals surface area contributed by atoms with Gasteiger partial charge in [-0.2, -0.15) is 8.78 Å². The van der Waals surface area contributed by atoms with Crippen LogP contribution < -0.4 is 10.1 Å². The molecule has 4 nitrogen and oxygen atoms in total. The number of amides is 1. The zero-order valence-electron chi connectivity index (χ0n) is 12.7. The molecule has 0 saturated carbocycles. The largest absolute Gasteiger partial charge is 0.434 e. The summed E-state index contributed by atoms with van der Waals surface area (Å²) in [5, 5.41) is 12.7. The van der Waals surface area contributed by atoms with Crippen molar-refractivity contribution in [3.05, 3.63) is 65.5 Å². The van der Waals surface area contributed by atoms with Crippen molar-refractivity contribution in [3.63, 3.8) is 0 Å². The summed E-state index contributed by atoms with van der Waals surface area (Å²) in [5.74, 6) is -1.37. The fourth-order valence-corrected chi connectivity index (χ4v) is 2.17. The number of halogens is 3. The van der Waals surface area contributed by atoms with Crippen LogP contribution in [0.3, 0.4) is 0 Å². The van der Waals surface area contributed by atoms with Crippen LogP contribution in [0.2, 0.25) is 0 Å². The molecule has 2 aromatic carbocycles. The minimum atomic E-state index is -3.05. The molecule has 0 aliphatic heterocycles. The number of nitrogens with one attached hydrogen (secondary N) is 1. The number of hydrogen-bond acceptors (Lipinski definition) is 3. The summed E-state index contributed by atoms with van der Waals surface area (Å²) in [6.07, 6.45) is -1.09. The van der Waals surface area contributed by atoms with E-state index in [9.17, 15) is 23.1 Å². The van der Waals surface area contributed by atoms with Crippen LogP contribution >= 0.6 is 0 Å². The molecule has 2 unspecified atom stereocenters. The van der Waals surface area contributed by atoms with Gasteiger partial charge in [-0.25, -0.2) is 4.39 Å². The molecule has 24 heavy (non-hydrogen) atoms. The Labute approximate surface area is 136 Å². The van der Waals surface area contributed by atoms with Gasteiger partial charge in [0.15, 0.2) is 0 Å². The first kappa shape index (κ1) is 17.8. The maximum absolute atomic E-state index is 12.9. The predicted molar refractivity (Wildman–Crippen MR) is 81.4 cm³/mol. The van der Waals surface area contributed by atoms with Crippen molar-refractivity contribution < 1.29 is 27.8 Å². The van der Waals surface area contributed by atoms with E-state index in [4.69, 9.17) is 0 Å². The summed E-state index contributed by atoms with van der Waals surface area (Å²) in [5.41, 5.74) is 0.345. The summed E-state index contributed by atoms with van der Waals surface area (Å²) in [6.45, 7) is -1.51. The fraction of sp³-hybridized carbons (Fsp3) is 0.235. The predicted octanol–water partition coefficient (Wildman–Crippen LogP) is 3.28. The number of carbonyl (C=O) groups excluding carboxylic acids is 1. The van der Waals surface area contributed by atoms with Crippen molar-refractivity contribution >= 4 is 5.91 Å². The van der Waals surface area contributed by atoms with Gasteiger partial charge in [0, 0.05) is 0 Å². The zero-order chi connectivity index (χ0) is 17.7. The van der Waals surface area contributed by atoms with Crippen LogP contribution in [-0.2, 0) is 0 Å². The average Bonchev–Trinajstić information content (AvgIpc) is 2.54. The van der Waals surface area contributed by atoms with Gasteiger partial charge in [-0.15, -0.1) is 0 Å². The highest BCUT2D eigenvalue weighted by atomic mass is 19.3. The van der Waals surface area contributed by atoms with E-state index in [1.54, 1.807) is 6.92 Å². The molecule has 0 aliphatic carbocycles. The molecule has 2 rings (SSSR count). The van der Waals surface area contributed by atoms with Crippen LogP contribution in [-0.4, -0.2) is 23.7 Å². The highest BCUT2D eigenvalue weighted by Crippen LogP contribution is 2.22. The minimum absolute atomic E-state index is 0.0732. The van der Waals surface area contributed by atoms with Crippen LogP contribution in [0.5, 0.6) is 5.75 Å². The van der Waals surface area contributed by atoms with Crippen molar-refractivity contribution in [1.29, 1.82) is 0 Å². The first-order valence-corrected chi connectivity index (χ1v) is 7.16. The third kappa shape index (κ3) is 4.48. The van der Waals surface area contributed by atoms with Crippen molar-refractivity contribution in [2.45, 2.75) is 25.7 Å². The SMILES string of the molecule is CC(NC(=O)c1ccccc1OC(F)F)C(O)c1ccc(F)cc1. The van der Waals surface area contributed by atoms with E-state index in [-0.39, 0.29) is 11.3 Å². The maximum atomic E-state index is 12.9. The number of rotatable bonds is 6. The lowest BCUT2D eigenvalue weighted by molar-refractivity contribution is -0.0501. The van der Waals surface area contributed by atoms with Crippen LogP contribution in [0.25, 0.3) is 0 Å². The van der Waals surface area contributed by atoms with Gasteiger partial charge in [0.05, 0.1) is 17.7 Å². The molecule has 0 fully saturated rings. The molecule has 0 aliphatic rings. The van der Waals surface area contributed by atoms with Gasteiger partial charge in [-0.05, 0) is 36.8 Å². The number of para-hydroxylation sites is 1. The van der Waals surface area contributed by atoms with E-state index in [2.05, 4.69) is 10.1 Å². The molecule has 2 N–H and O–H groups in total. The van der Waals surface area contributed by atoms with Gasteiger partial charge in [0.25, 0.3) is 5.91 Å². The second kappa shape index (κ2) is 7.83. The first-order chi connectivity index (χ1) is 11.4. The highest BCUT2D eigenvalue weighted by molar-refractivity contribution is 5.97. The summed E-state index contributed by atoms with van der Waals surface area (Å²) in [6, 6.07) is 10.0. The Morgan fingerprint density at radius 2 is 1.75 bits per heavy atom. The lowest BCUT2D eigenvalue weighted by Gasteiger charge is -2.21. The molecule has 0 aromatic heterocycles. The molecule has 128 valence electrons. The third-order valence-corrected chi connectivity index (χ3v) is 3.39. The Bertz CT molecular complexity index is 692. The smallest absolute Gasteiger partial charge is 0.387 e. The zero-order valence-corrected chi connectivity index (χ0v) is 12.7.